The second kappa shape index (κ2) is 11.0. The first-order chi connectivity index (χ1) is 20.3. The molecule has 0 saturated carbocycles. The summed E-state index contributed by atoms with van der Waals surface area (Å²) in [5.41, 5.74) is 10.7. The van der Waals surface area contributed by atoms with Crippen molar-refractivity contribution in [1.29, 1.82) is 0 Å². The maximum Gasteiger partial charge on any atom is 0.0462 e. The molecule has 0 aliphatic carbocycles. The van der Waals surface area contributed by atoms with Gasteiger partial charge < -0.3 is 4.90 Å². The Balaban J connectivity index is 1.19. The second-order valence-corrected chi connectivity index (χ2v) is 10.2. The molecule has 0 fully saturated rings. The fourth-order valence-corrected chi connectivity index (χ4v) is 5.58. The van der Waals surface area contributed by atoms with Crippen LogP contribution in [0.4, 0.5) is 17.1 Å². The van der Waals surface area contributed by atoms with Gasteiger partial charge in [0.2, 0.25) is 0 Å². The largest absolute Gasteiger partial charge is 0.311 e. The van der Waals surface area contributed by atoms with E-state index in [-0.39, 0.29) is 0 Å². The predicted molar refractivity (Wildman–Crippen MR) is 175 cm³/mol. The molecule has 194 valence electrons. The van der Waals surface area contributed by atoms with Crippen LogP contribution in [0.5, 0.6) is 0 Å². The van der Waals surface area contributed by atoms with Crippen molar-refractivity contribution in [3.8, 4) is 33.4 Å². The highest BCUT2D eigenvalue weighted by Crippen LogP contribution is 2.37. The van der Waals surface area contributed by atoms with Crippen LogP contribution in [-0.4, -0.2) is 0 Å². The first kappa shape index (κ1) is 24.6. The number of para-hydroxylation sites is 1. The SMILES string of the molecule is c1ccc(-c2ccc(N(c3ccccc3)c3ccc(-c4ccc(-c5cccc6ccccc56)cc4)cc3)cc2)cc1. The van der Waals surface area contributed by atoms with Crippen LogP contribution in [0.1, 0.15) is 0 Å². The Morgan fingerprint density at radius 2 is 0.683 bits per heavy atom. The summed E-state index contributed by atoms with van der Waals surface area (Å²) < 4.78 is 0. The van der Waals surface area contributed by atoms with Crippen LogP contribution >= 0.6 is 0 Å². The van der Waals surface area contributed by atoms with Crippen molar-refractivity contribution in [3.05, 3.63) is 176 Å². The zero-order valence-electron chi connectivity index (χ0n) is 22.7. The minimum absolute atomic E-state index is 1.12. The van der Waals surface area contributed by atoms with Gasteiger partial charge in [-0.1, -0.05) is 140 Å². The number of hydrogen-bond donors (Lipinski definition) is 0. The van der Waals surface area contributed by atoms with Gasteiger partial charge >= 0.3 is 0 Å². The standard InChI is InChI=1S/C40H29N/c1-3-10-30(11-4-1)32-22-26-37(27-23-32)41(36-14-5-2-6-15-36)38-28-24-33(25-29-38)31-18-20-35(21-19-31)40-17-9-13-34-12-7-8-16-39(34)40/h1-29H. The number of nitrogens with zero attached hydrogens (tertiary/aromatic N) is 1. The monoisotopic (exact) mass is 523 g/mol. The zero-order chi connectivity index (χ0) is 27.4. The Kier molecular flexibility index (Phi) is 6.61. The van der Waals surface area contributed by atoms with Crippen LogP contribution in [0.2, 0.25) is 0 Å². The molecular weight excluding hydrogens is 494 g/mol. The molecule has 0 unspecified atom stereocenters. The average Bonchev–Trinajstić information content (AvgIpc) is 3.06. The summed E-state index contributed by atoms with van der Waals surface area (Å²) in [6.45, 7) is 0. The summed E-state index contributed by atoms with van der Waals surface area (Å²) in [6, 6.07) is 62.8. The lowest BCUT2D eigenvalue weighted by molar-refractivity contribution is 1.28. The maximum atomic E-state index is 2.31. The van der Waals surface area contributed by atoms with Gasteiger partial charge in [-0.3, -0.25) is 0 Å². The summed E-state index contributed by atoms with van der Waals surface area (Å²) in [5, 5.41) is 2.55. The van der Waals surface area contributed by atoms with Gasteiger partial charge in [0.25, 0.3) is 0 Å². The Bertz CT molecular complexity index is 1880. The van der Waals surface area contributed by atoms with Crippen molar-refractivity contribution in [3.63, 3.8) is 0 Å². The highest BCUT2D eigenvalue weighted by Gasteiger charge is 2.13. The number of benzene rings is 7. The quantitative estimate of drug-likeness (QED) is 0.209. The van der Waals surface area contributed by atoms with E-state index in [9.17, 15) is 0 Å². The van der Waals surface area contributed by atoms with E-state index >= 15 is 0 Å². The smallest absolute Gasteiger partial charge is 0.0462 e. The minimum Gasteiger partial charge on any atom is -0.311 e. The van der Waals surface area contributed by atoms with Gasteiger partial charge in [0.15, 0.2) is 0 Å². The topological polar surface area (TPSA) is 3.24 Å². The highest BCUT2D eigenvalue weighted by molar-refractivity contribution is 5.96. The van der Waals surface area contributed by atoms with E-state index in [4.69, 9.17) is 0 Å². The molecule has 0 aliphatic rings. The van der Waals surface area contributed by atoms with Gasteiger partial charge in [-0.2, -0.15) is 0 Å². The second-order valence-electron chi connectivity index (χ2n) is 10.2. The molecule has 1 heteroatoms. The van der Waals surface area contributed by atoms with E-state index < -0.39 is 0 Å². The Labute approximate surface area is 241 Å². The zero-order valence-corrected chi connectivity index (χ0v) is 22.7. The minimum atomic E-state index is 1.12. The molecular formula is C40H29N. The normalized spacial score (nSPS) is 10.9. The molecule has 0 amide bonds. The lowest BCUT2D eigenvalue weighted by Crippen LogP contribution is -2.09. The van der Waals surface area contributed by atoms with Crippen molar-refractivity contribution in [2.75, 3.05) is 4.90 Å². The Morgan fingerprint density at radius 3 is 1.29 bits per heavy atom. The number of hydrogen-bond acceptors (Lipinski definition) is 1. The lowest BCUT2D eigenvalue weighted by atomic mass is 9.96. The van der Waals surface area contributed by atoms with E-state index in [2.05, 4.69) is 181 Å². The van der Waals surface area contributed by atoms with Gasteiger partial charge in [0.1, 0.15) is 0 Å². The molecule has 1 nitrogen and oxygen atoms in total. The Hall–Kier alpha value is -5.40. The molecule has 0 aromatic heterocycles. The van der Waals surface area contributed by atoms with Crippen LogP contribution < -0.4 is 4.90 Å². The summed E-state index contributed by atoms with van der Waals surface area (Å²) in [5.74, 6) is 0. The molecule has 0 atom stereocenters. The van der Waals surface area contributed by atoms with Gasteiger partial charge in [-0.05, 0) is 80.6 Å². The molecule has 7 aromatic carbocycles. The summed E-state index contributed by atoms with van der Waals surface area (Å²) in [7, 11) is 0. The molecule has 0 spiro atoms. The van der Waals surface area contributed by atoms with Crippen LogP contribution in [0.3, 0.4) is 0 Å². The lowest BCUT2D eigenvalue weighted by Gasteiger charge is -2.26. The third kappa shape index (κ3) is 5.02. The molecule has 0 saturated heterocycles. The molecule has 0 aliphatic heterocycles. The fraction of sp³-hybridized carbons (Fsp3) is 0. The maximum absolute atomic E-state index is 2.31. The molecule has 41 heavy (non-hydrogen) atoms. The predicted octanol–water partition coefficient (Wildman–Crippen LogP) is 11.3. The van der Waals surface area contributed by atoms with E-state index in [0.717, 1.165) is 17.1 Å². The third-order valence-corrected chi connectivity index (χ3v) is 7.69. The third-order valence-electron chi connectivity index (χ3n) is 7.69. The molecule has 0 bridgehead atoms. The molecule has 0 N–H and O–H groups in total. The molecule has 0 heterocycles. The van der Waals surface area contributed by atoms with Crippen molar-refractivity contribution >= 4 is 27.8 Å². The number of rotatable bonds is 6. The van der Waals surface area contributed by atoms with Crippen molar-refractivity contribution in [2.24, 2.45) is 0 Å². The molecule has 7 rings (SSSR count). The van der Waals surface area contributed by atoms with E-state index in [1.807, 2.05) is 0 Å². The van der Waals surface area contributed by atoms with Crippen LogP contribution in [-0.2, 0) is 0 Å². The number of fused-ring (bicyclic) bond motifs is 1. The van der Waals surface area contributed by atoms with Gasteiger partial charge in [-0.15, -0.1) is 0 Å². The summed E-state index contributed by atoms with van der Waals surface area (Å²) in [4.78, 5) is 2.31. The van der Waals surface area contributed by atoms with Gasteiger partial charge in [0, 0.05) is 17.1 Å². The van der Waals surface area contributed by atoms with E-state index in [1.54, 1.807) is 0 Å². The summed E-state index contributed by atoms with van der Waals surface area (Å²) >= 11 is 0. The van der Waals surface area contributed by atoms with Crippen LogP contribution in [0, 0.1) is 0 Å². The highest BCUT2D eigenvalue weighted by atomic mass is 15.1. The first-order valence-corrected chi connectivity index (χ1v) is 14.0. The Morgan fingerprint density at radius 1 is 0.268 bits per heavy atom. The average molecular weight is 524 g/mol. The van der Waals surface area contributed by atoms with Crippen LogP contribution in [0.25, 0.3) is 44.2 Å². The van der Waals surface area contributed by atoms with Crippen molar-refractivity contribution in [1.82, 2.24) is 0 Å². The van der Waals surface area contributed by atoms with Crippen molar-refractivity contribution in [2.45, 2.75) is 0 Å². The first-order valence-electron chi connectivity index (χ1n) is 14.0. The van der Waals surface area contributed by atoms with Crippen molar-refractivity contribution < 1.29 is 0 Å². The van der Waals surface area contributed by atoms with E-state index in [0.29, 0.717) is 0 Å². The van der Waals surface area contributed by atoms with Gasteiger partial charge in [0.05, 0.1) is 0 Å². The fourth-order valence-electron chi connectivity index (χ4n) is 5.58. The van der Waals surface area contributed by atoms with Gasteiger partial charge in [-0.25, -0.2) is 0 Å². The molecule has 0 radical (unpaired) electrons. The summed E-state index contributed by atoms with van der Waals surface area (Å²) in [6.07, 6.45) is 0. The van der Waals surface area contributed by atoms with Crippen LogP contribution in [0.15, 0.2) is 176 Å². The number of anilines is 3. The van der Waals surface area contributed by atoms with E-state index in [1.165, 1.54) is 44.2 Å². The molecule has 7 aromatic rings.